The quantitative estimate of drug-likeness (QED) is 0.619. The van der Waals surface area contributed by atoms with Gasteiger partial charge in [-0.05, 0) is 30.7 Å². The largest absolute Gasteiger partial charge is 0.495 e. The molecule has 33 heavy (non-hydrogen) atoms. The highest BCUT2D eigenvalue weighted by molar-refractivity contribution is 6.02. The van der Waals surface area contributed by atoms with Crippen LogP contribution in [0.1, 0.15) is 23.0 Å². The van der Waals surface area contributed by atoms with Crippen LogP contribution in [0.5, 0.6) is 5.75 Å². The third-order valence-corrected chi connectivity index (χ3v) is 5.54. The summed E-state index contributed by atoms with van der Waals surface area (Å²) in [7, 11) is 3.19. The molecule has 1 aromatic carbocycles. The number of aromatic nitrogens is 2. The number of benzene rings is 1. The summed E-state index contributed by atoms with van der Waals surface area (Å²) >= 11 is 0. The molecule has 1 aliphatic heterocycles. The van der Waals surface area contributed by atoms with Crippen molar-refractivity contribution in [2.45, 2.75) is 13.3 Å². The SMILES string of the molecule is CCc1nc2ccc(C(=O)N3CCNC(=O)C3)cn2c1N(C)C(=O)Nc1ccccc1OC. The summed E-state index contributed by atoms with van der Waals surface area (Å²) in [6, 6.07) is 10.2. The van der Waals surface area contributed by atoms with E-state index in [4.69, 9.17) is 4.74 Å². The van der Waals surface area contributed by atoms with Gasteiger partial charge in [-0.15, -0.1) is 0 Å². The highest BCUT2D eigenvalue weighted by Gasteiger charge is 2.25. The Morgan fingerprint density at radius 1 is 1.24 bits per heavy atom. The second-order valence-corrected chi connectivity index (χ2v) is 7.65. The number of hydrogen-bond donors (Lipinski definition) is 2. The van der Waals surface area contributed by atoms with E-state index in [-0.39, 0.29) is 24.4 Å². The van der Waals surface area contributed by atoms with Crippen LogP contribution >= 0.6 is 0 Å². The monoisotopic (exact) mass is 450 g/mol. The van der Waals surface area contributed by atoms with Crippen molar-refractivity contribution < 1.29 is 19.1 Å². The van der Waals surface area contributed by atoms with E-state index in [1.54, 1.807) is 49.0 Å². The standard InChI is InChI=1S/C23H26N6O4/c1-4-16-21(27(2)23(32)26-17-7-5-6-8-18(17)33-3)29-13-15(9-10-19(29)25-16)22(31)28-12-11-24-20(30)14-28/h5-10,13H,4,11-12,14H2,1-3H3,(H,24,30)(H,26,32). The normalized spacial score (nSPS) is 13.5. The first-order chi connectivity index (χ1) is 15.9. The van der Waals surface area contributed by atoms with E-state index in [2.05, 4.69) is 15.6 Å². The van der Waals surface area contributed by atoms with Gasteiger partial charge in [0, 0.05) is 26.3 Å². The van der Waals surface area contributed by atoms with E-state index >= 15 is 0 Å². The third-order valence-electron chi connectivity index (χ3n) is 5.54. The van der Waals surface area contributed by atoms with Crippen molar-refractivity contribution in [1.29, 1.82) is 0 Å². The average Bonchev–Trinajstić information content (AvgIpc) is 3.21. The number of ether oxygens (including phenoxy) is 1. The number of piperazine rings is 1. The van der Waals surface area contributed by atoms with Crippen LogP contribution in [-0.4, -0.2) is 65.9 Å². The van der Waals surface area contributed by atoms with Crippen LogP contribution in [0, 0.1) is 0 Å². The van der Waals surface area contributed by atoms with Gasteiger partial charge in [-0.1, -0.05) is 19.1 Å². The van der Waals surface area contributed by atoms with Gasteiger partial charge in [0.1, 0.15) is 17.2 Å². The van der Waals surface area contributed by atoms with E-state index in [0.717, 1.165) is 5.69 Å². The lowest BCUT2D eigenvalue weighted by atomic mass is 10.2. The highest BCUT2D eigenvalue weighted by atomic mass is 16.5. The first-order valence-electron chi connectivity index (χ1n) is 10.7. The van der Waals surface area contributed by atoms with Crippen LogP contribution in [0.15, 0.2) is 42.6 Å². The zero-order chi connectivity index (χ0) is 23.5. The number of hydrogen-bond acceptors (Lipinski definition) is 5. The minimum absolute atomic E-state index is 0.0229. The Labute approximate surface area is 191 Å². The van der Waals surface area contributed by atoms with E-state index in [9.17, 15) is 14.4 Å². The molecule has 0 unspecified atom stereocenters. The van der Waals surface area contributed by atoms with Crippen LogP contribution in [0.4, 0.5) is 16.3 Å². The Balaban J connectivity index is 1.67. The van der Waals surface area contributed by atoms with E-state index in [0.29, 0.717) is 48.0 Å². The lowest BCUT2D eigenvalue weighted by molar-refractivity contribution is -0.123. The predicted molar refractivity (Wildman–Crippen MR) is 124 cm³/mol. The molecule has 172 valence electrons. The van der Waals surface area contributed by atoms with Gasteiger partial charge in [-0.3, -0.25) is 18.9 Å². The van der Waals surface area contributed by atoms with Crippen molar-refractivity contribution in [3.05, 3.63) is 53.9 Å². The number of imidazole rings is 1. The predicted octanol–water partition coefficient (Wildman–Crippen LogP) is 2.15. The number of carbonyl (C=O) groups is 3. The highest BCUT2D eigenvalue weighted by Crippen LogP contribution is 2.27. The molecule has 0 bridgehead atoms. The summed E-state index contributed by atoms with van der Waals surface area (Å²) in [6.45, 7) is 2.85. The molecule has 1 aliphatic rings. The molecule has 0 saturated carbocycles. The fourth-order valence-corrected chi connectivity index (χ4v) is 3.84. The van der Waals surface area contributed by atoms with Crippen LogP contribution in [-0.2, 0) is 11.2 Å². The lowest BCUT2D eigenvalue weighted by Crippen LogP contribution is -2.50. The summed E-state index contributed by atoms with van der Waals surface area (Å²) in [5.41, 5.74) is 2.29. The molecule has 10 heteroatoms. The number of fused-ring (bicyclic) bond motifs is 1. The van der Waals surface area contributed by atoms with E-state index in [1.165, 1.54) is 9.80 Å². The van der Waals surface area contributed by atoms with Crippen molar-refractivity contribution in [2.75, 3.05) is 44.0 Å². The number of amides is 4. The number of rotatable bonds is 5. The fourth-order valence-electron chi connectivity index (χ4n) is 3.84. The number of aryl methyl sites for hydroxylation is 1. The number of pyridine rings is 1. The molecular weight excluding hydrogens is 424 g/mol. The molecule has 0 radical (unpaired) electrons. The average molecular weight is 450 g/mol. The number of urea groups is 1. The summed E-state index contributed by atoms with van der Waals surface area (Å²) in [6.07, 6.45) is 2.26. The number of carbonyl (C=O) groups excluding carboxylic acids is 3. The third kappa shape index (κ3) is 4.32. The first kappa shape index (κ1) is 22.1. The van der Waals surface area contributed by atoms with Gasteiger partial charge in [-0.2, -0.15) is 0 Å². The Morgan fingerprint density at radius 2 is 2.03 bits per heavy atom. The Hall–Kier alpha value is -4.08. The maximum Gasteiger partial charge on any atom is 0.327 e. The molecule has 4 amide bonds. The molecule has 0 atom stereocenters. The van der Waals surface area contributed by atoms with E-state index in [1.807, 2.05) is 19.1 Å². The van der Waals surface area contributed by atoms with Crippen molar-refractivity contribution >= 4 is 35.0 Å². The van der Waals surface area contributed by atoms with Crippen LogP contribution in [0.25, 0.3) is 5.65 Å². The van der Waals surface area contributed by atoms with Crippen LogP contribution in [0.3, 0.4) is 0 Å². The molecule has 2 aromatic heterocycles. The number of methoxy groups -OCH3 is 1. The van der Waals surface area contributed by atoms with Crippen molar-refractivity contribution in [3.63, 3.8) is 0 Å². The van der Waals surface area contributed by atoms with Gasteiger partial charge in [0.25, 0.3) is 5.91 Å². The second kappa shape index (κ2) is 9.19. The summed E-state index contributed by atoms with van der Waals surface area (Å²) in [5, 5.41) is 5.58. The molecule has 2 N–H and O–H groups in total. The molecule has 1 fully saturated rings. The maximum atomic E-state index is 13.1. The zero-order valence-corrected chi connectivity index (χ0v) is 18.8. The van der Waals surface area contributed by atoms with Gasteiger partial charge in [0.2, 0.25) is 5.91 Å². The zero-order valence-electron chi connectivity index (χ0n) is 18.8. The second-order valence-electron chi connectivity index (χ2n) is 7.65. The molecule has 1 saturated heterocycles. The summed E-state index contributed by atoms with van der Waals surface area (Å²) < 4.78 is 7.05. The number of anilines is 2. The Kier molecular flexibility index (Phi) is 6.16. The van der Waals surface area contributed by atoms with Crippen molar-refractivity contribution in [3.8, 4) is 5.75 Å². The van der Waals surface area contributed by atoms with Gasteiger partial charge >= 0.3 is 6.03 Å². The number of nitrogens with one attached hydrogen (secondary N) is 2. The summed E-state index contributed by atoms with van der Waals surface area (Å²) in [5.74, 6) is 0.683. The Morgan fingerprint density at radius 3 is 2.76 bits per heavy atom. The van der Waals surface area contributed by atoms with Crippen molar-refractivity contribution in [1.82, 2.24) is 19.6 Å². The van der Waals surface area contributed by atoms with Crippen molar-refractivity contribution in [2.24, 2.45) is 0 Å². The minimum Gasteiger partial charge on any atom is -0.495 e. The van der Waals surface area contributed by atoms with Gasteiger partial charge < -0.3 is 20.3 Å². The molecule has 3 aromatic rings. The molecule has 0 aliphatic carbocycles. The lowest BCUT2D eigenvalue weighted by Gasteiger charge is -2.26. The molecule has 3 heterocycles. The van der Waals surface area contributed by atoms with Gasteiger partial charge in [0.15, 0.2) is 0 Å². The van der Waals surface area contributed by atoms with E-state index < -0.39 is 0 Å². The molecule has 0 spiro atoms. The Bertz CT molecular complexity index is 1220. The van der Waals surface area contributed by atoms with Crippen LogP contribution < -0.4 is 20.3 Å². The van der Waals surface area contributed by atoms with Gasteiger partial charge in [-0.25, -0.2) is 9.78 Å². The molecule has 4 rings (SSSR count). The smallest absolute Gasteiger partial charge is 0.327 e. The number of nitrogens with zero attached hydrogens (tertiary/aromatic N) is 4. The topological polar surface area (TPSA) is 108 Å². The van der Waals surface area contributed by atoms with Crippen LogP contribution in [0.2, 0.25) is 0 Å². The first-order valence-corrected chi connectivity index (χ1v) is 10.7. The minimum atomic E-state index is -0.375. The molecular formula is C23H26N6O4. The molecule has 10 nitrogen and oxygen atoms in total. The summed E-state index contributed by atoms with van der Waals surface area (Å²) in [4.78, 5) is 45.4. The van der Waals surface area contributed by atoms with Gasteiger partial charge in [0.05, 0.1) is 30.6 Å². The fraction of sp³-hybridized carbons (Fsp3) is 0.304. The maximum absolute atomic E-state index is 13.1. The number of para-hydroxylation sites is 2.